The van der Waals surface area contributed by atoms with Gasteiger partial charge in [0.2, 0.25) is 0 Å². The van der Waals surface area contributed by atoms with E-state index in [1.165, 1.54) is 5.56 Å². The third kappa shape index (κ3) is 4.33. The van der Waals surface area contributed by atoms with Gasteiger partial charge in [-0.2, -0.15) is 0 Å². The van der Waals surface area contributed by atoms with Gasteiger partial charge in [-0.3, -0.25) is 0 Å². The summed E-state index contributed by atoms with van der Waals surface area (Å²) in [7, 11) is 2.04. The van der Waals surface area contributed by atoms with Gasteiger partial charge >= 0.3 is 0 Å². The number of hydrogen-bond acceptors (Lipinski definition) is 2. The third-order valence-electron chi connectivity index (χ3n) is 2.63. The molecule has 0 saturated heterocycles. The Kier molecular flexibility index (Phi) is 5.29. The van der Waals surface area contributed by atoms with Crippen LogP contribution >= 0.6 is 15.9 Å². The molecule has 1 aromatic rings. The minimum absolute atomic E-state index is 0.222. The first-order valence-corrected chi connectivity index (χ1v) is 5.98. The summed E-state index contributed by atoms with van der Waals surface area (Å²) >= 11 is 3.47. The molecule has 0 radical (unpaired) electrons. The van der Waals surface area contributed by atoms with Crippen molar-refractivity contribution in [3.05, 3.63) is 34.3 Å². The molecule has 0 heterocycles. The van der Waals surface area contributed by atoms with Crippen LogP contribution in [0, 0.1) is 0 Å². The van der Waals surface area contributed by atoms with E-state index in [-0.39, 0.29) is 6.61 Å². The molecule has 3 heteroatoms. The fraction of sp³-hybridized carbons (Fsp3) is 0.500. The maximum atomic E-state index is 8.85. The topological polar surface area (TPSA) is 23.5 Å². The minimum Gasteiger partial charge on any atom is -0.395 e. The van der Waals surface area contributed by atoms with E-state index < -0.39 is 0 Å². The predicted molar refractivity (Wildman–Crippen MR) is 67.0 cm³/mol. The van der Waals surface area contributed by atoms with Crippen LogP contribution in [0.3, 0.4) is 0 Å². The molecule has 2 nitrogen and oxygen atoms in total. The zero-order valence-corrected chi connectivity index (χ0v) is 10.9. The van der Waals surface area contributed by atoms with E-state index in [0.717, 1.165) is 17.4 Å². The van der Waals surface area contributed by atoms with Gasteiger partial charge in [-0.05, 0) is 38.1 Å². The van der Waals surface area contributed by atoms with Crippen molar-refractivity contribution in [3.63, 3.8) is 0 Å². The fourth-order valence-corrected chi connectivity index (χ4v) is 1.99. The van der Waals surface area contributed by atoms with E-state index in [1.54, 1.807) is 0 Å². The van der Waals surface area contributed by atoms with Crippen molar-refractivity contribution < 1.29 is 5.11 Å². The average molecular weight is 272 g/mol. The van der Waals surface area contributed by atoms with E-state index in [4.69, 9.17) is 5.11 Å². The molecule has 0 amide bonds. The van der Waals surface area contributed by atoms with Crippen LogP contribution < -0.4 is 0 Å². The Labute approximate surface area is 100 Å². The molecule has 0 bridgehead atoms. The van der Waals surface area contributed by atoms with Gasteiger partial charge in [-0.25, -0.2) is 0 Å². The molecule has 84 valence electrons. The lowest BCUT2D eigenvalue weighted by Crippen LogP contribution is -2.33. The van der Waals surface area contributed by atoms with Gasteiger partial charge in [0.05, 0.1) is 6.61 Å². The van der Waals surface area contributed by atoms with Crippen molar-refractivity contribution >= 4 is 15.9 Å². The minimum atomic E-state index is 0.222. The molecule has 1 rings (SSSR count). The molecule has 0 aliphatic rings. The van der Waals surface area contributed by atoms with Crippen LogP contribution in [0.5, 0.6) is 0 Å². The lowest BCUT2D eigenvalue weighted by molar-refractivity contribution is 0.187. The molecule has 1 aromatic carbocycles. The summed E-state index contributed by atoms with van der Waals surface area (Å²) < 4.78 is 1.12. The maximum Gasteiger partial charge on any atom is 0.0558 e. The van der Waals surface area contributed by atoms with Gasteiger partial charge < -0.3 is 10.0 Å². The highest BCUT2D eigenvalue weighted by Crippen LogP contribution is 2.14. The summed E-state index contributed by atoms with van der Waals surface area (Å²) in [4.78, 5) is 2.17. The number of halogens is 1. The standard InChI is InChI=1S/C12H18BrNO/c1-10(14(2)6-7-15)8-11-4-3-5-12(13)9-11/h3-5,9-10,15H,6-8H2,1-2H3. The van der Waals surface area contributed by atoms with Crippen molar-refractivity contribution in [2.24, 2.45) is 0 Å². The van der Waals surface area contributed by atoms with Crippen LogP contribution in [0.1, 0.15) is 12.5 Å². The number of rotatable bonds is 5. The van der Waals surface area contributed by atoms with Crippen LogP contribution in [-0.4, -0.2) is 36.2 Å². The van der Waals surface area contributed by atoms with Gasteiger partial charge in [-0.15, -0.1) is 0 Å². The second kappa shape index (κ2) is 6.26. The lowest BCUT2D eigenvalue weighted by Gasteiger charge is -2.23. The lowest BCUT2D eigenvalue weighted by atomic mass is 10.1. The summed E-state index contributed by atoms with van der Waals surface area (Å²) in [6.07, 6.45) is 1.01. The second-order valence-corrected chi connectivity index (χ2v) is 4.80. The number of benzene rings is 1. The predicted octanol–water partition coefficient (Wildman–Crippen LogP) is 2.30. The zero-order valence-electron chi connectivity index (χ0n) is 9.28. The van der Waals surface area contributed by atoms with Crippen molar-refractivity contribution in [3.8, 4) is 0 Å². The number of aliphatic hydroxyl groups excluding tert-OH is 1. The Morgan fingerprint density at radius 2 is 2.20 bits per heavy atom. The second-order valence-electron chi connectivity index (χ2n) is 3.89. The van der Waals surface area contributed by atoms with Crippen molar-refractivity contribution in [1.29, 1.82) is 0 Å². The van der Waals surface area contributed by atoms with Gasteiger partial charge in [0.25, 0.3) is 0 Å². The largest absolute Gasteiger partial charge is 0.395 e. The summed E-state index contributed by atoms with van der Waals surface area (Å²) in [5, 5.41) is 8.85. The summed E-state index contributed by atoms with van der Waals surface area (Å²) in [6.45, 7) is 3.13. The Hall–Kier alpha value is -0.380. The number of nitrogens with zero attached hydrogens (tertiary/aromatic N) is 1. The molecule has 0 aliphatic carbocycles. The highest BCUT2D eigenvalue weighted by molar-refractivity contribution is 9.10. The van der Waals surface area contributed by atoms with Gasteiger partial charge in [0.15, 0.2) is 0 Å². The van der Waals surface area contributed by atoms with E-state index in [9.17, 15) is 0 Å². The zero-order chi connectivity index (χ0) is 11.3. The molecule has 1 unspecified atom stereocenters. The summed E-state index contributed by atoms with van der Waals surface area (Å²) in [5.74, 6) is 0. The Morgan fingerprint density at radius 3 is 2.80 bits per heavy atom. The SMILES string of the molecule is CC(Cc1cccc(Br)c1)N(C)CCO. The molecule has 0 fully saturated rings. The summed E-state index contributed by atoms with van der Waals surface area (Å²) in [6, 6.07) is 8.81. The van der Waals surface area contributed by atoms with Crippen LogP contribution in [0.25, 0.3) is 0 Å². The smallest absolute Gasteiger partial charge is 0.0558 e. The van der Waals surface area contributed by atoms with E-state index in [1.807, 2.05) is 13.1 Å². The molecule has 15 heavy (non-hydrogen) atoms. The van der Waals surface area contributed by atoms with Crippen molar-refractivity contribution in [2.75, 3.05) is 20.2 Å². The maximum absolute atomic E-state index is 8.85. The molecule has 1 atom stereocenters. The monoisotopic (exact) mass is 271 g/mol. The first-order chi connectivity index (χ1) is 7.13. The highest BCUT2D eigenvalue weighted by atomic mass is 79.9. The first kappa shape index (κ1) is 12.7. The molecule has 0 aromatic heterocycles. The van der Waals surface area contributed by atoms with Crippen molar-refractivity contribution in [2.45, 2.75) is 19.4 Å². The first-order valence-electron chi connectivity index (χ1n) is 5.19. The number of likely N-dealkylation sites (N-methyl/N-ethyl adjacent to an activating group) is 1. The Balaban J connectivity index is 2.54. The number of aliphatic hydroxyl groups is 1. The Morgan fingerprint density at radius 1 is 1.47 bits per heavy atom. The van der Waals surface area contributed by atoms with Crippen LogP contribution in [0.2, 0.25) is 0 Å². The van der Waals surface area contributed by atoms with Crippen LogP contribution in [-0.2, 0) is 6.42 Å². The van der Waals surface area contributed by atoms with Crippen molar-refractivity contribution in [1.82, 2.24) is 4.90 Å². The molecular weight excluding hydrogens is 254 g/mol. The van der Waals surface area contributed by atoms with Gasteiger partial charge in [0, 0.05) is 17.1 Å². The quantitative estimate of drug-likeness (QED) is 0.889. The van der Waals surface area contributed by atoms with Gasteiger partial charge in [-0.1, -0.05) is 28.1 Å². The molecule has 1 N–H and O–H groups in total. The molecular formula is C12H18BrNO. The normalized spacial score (nSPS) is 13.1. The van der Waals surface area contributed by atoms with Gasteiger partial charge in [0.1, 0.15) is 0 Å². The average Bonchev–Trinajstić information content (AvgIpc) is 2.18. The fourth-order valence-electron chi connectivity index (χ4n) is 1.54. The van der Waals surface area contributed by atoms with Crippen LogP contribution in [0.4, 0.5) is 0 Å². The number of hydrogen-bond donors (Lipinski definition) is 1. The van der Waals surface area contributed by atoms with Crippen LogP contribution in [0.15, 0.2) is 28.7 Å². The molecule has 0 saturated carbocycles. The molecule has 0 aliphatic heterocycles. The van der Waals surface area contributed by atoms with E-state index in [0.29, 0.717) is 6.04 Å². The van der Waals surface area contributed by atoms with E-state index >= 15 is 0 Å². The third-order valence-corrected chi connectivity index (χ3v) is 3.12. The Bertz CT molecular complexity index is 303. The molecule has 0 spiro atoms. The van der Waals surface area contributed by atoms with E-state index in [2.05, 4.69) is 46.0 Å². The highest BCUT2D eigenvalue weighted by Gasteiger charge is 2.09. The summed E-state index contributed by atoms with van der Waals surface area (Å²) in [5.41, 5.74) is 1.32.